The molecule has 2 aromatic carbocycles. The minimum Gasteiger partial charge on any atom is -0.399 e. The highest BCUT2D eigenvalue weighted by atomic mass is 19.1. The molecule has 3 aromatic rings. The highest BCUT2D eigenvalue weighted by molar-refractivity contribution is 6.12. The van der Waals surface area contributed by atoms with Gasteiger partial charge in [0.15, 0.2) is 0 Å². The molecule has 6 heteroatoms. The number of rotatable bonds is 2. The smallest absolute Gasteiger partial charge is 0.256 e. The minimum atomic E-state index is -0.572. The molecule has 4 N–H and O–H groups in total. The summed E-state index contributed by atoms with van der Waals surface area (Å²) in [6, 6.07) is 9.31. The van der Waals surface area contributed by atoms with Crippen LogP contribution in [0, 0.1) is 5.82 Å². The van der Waals surface area contributed by atoms with E-state index in [9.17, 15) is 9.18 Å². The Morgan fingerprint density at radius 3 is 2.95 bits per heavy atom. The Morgan fingerprint density at radius 2 is 2.15 bits per heavy atom. The van der Waals surface area contributed by atoms with E-state index in [0.717, 1.165) is 11.6 Å². The second-order valence-corrected chi connectivity index (χ2v) is 4.33. The minimum absolute atomic E-state index is 0.0877. The van der Waals surface area contributed by atoms with Crippen LogP contribution in [-0.4, -0.2) is 16.1 Å². The van der Waals surface area contributed by atoms with Gasteiger partial charge in [0.25, 0.3) is 5.91 Å². The Balaban J connectivity index is 1.95. The Kier molecular flexibility index (Phi) is 2.83. The number of carbonyl (C=O) groups is 1. The fourth-order valence-corrected chi connectivity index (χ4v) is 1.99. The standard InChI is InChI=1S/C14H11FN4O/c15-11-6-8(16)4-5-13(11)18-14(20)9-2-1-3-12-10(9)7-17-19-12/h1-7H,16H2,(H,17,19)(H,18,20). The number of benzene rings is 2. The highest BCUT2D eigenvalue weighted by Crippen LogP contribution is 2.20. The number of nitrogens with one attached hydrogen (secondary N) is 2. The Hall–Kier alpha value is -2.89. The van der Waals surface area contributed by atoms with Gasteiger partial charge in [-0.05, 0) is 30.3 Å². The normalized spacial score (nSPS) is 10.7. The SMILES string of the molecule is Nc1ccc(NC(=O)c2cccc3[nH]ncc23)c(F)c1. The van der Waals surface area contributed by atoms with Crippen LogP contribution in [0.2, 0.25) is 0 Å². The van der Waals surface area contributed by atoms with Crippen LogP contribution in [0.15, 0.2) is 42.6 Å². The van der Waals surface area contributed by atoms with Crippen LogP contribution in [0.1, 0.15) is 10.4 Å². The van der Waals surface area contributed by atoms with Crippen molar-refractivity contribution in [1.29, 1.82) is 0 Å². The first-order valence-corrected chi connectivity index (χ1v) is 5.93. The average molecular weight is 270 g/mol. The molecular formula is C14H11FN4O. The summed E-state index contributed by atoms with van der Waals surface area (Å²) in [4.78, 5) is 12.2. The lowest BCUT2D eigenvalue weighted by atomic mass is 10.1. The Morgan fingerprint density at radius 1 is 1.30 bits per heavy atom. The molecule has 1 heterocycles. The van der Waals surface area contributed by atoms with Gasteiger partial charge in [0.2, 0.25) is 0 Å². The van der Waals surface area contributed by atoms with Crippen LogP contribution in [0.3, 0.4) is 0 Å². The molecule has 3 rings (SSSR count). The van der Waals surface area contributed by atoms with Crippen LogP contribution in [0.25, 0.3) is 10.9 Å². The number of anilines is 2. The zero-order valence-corrected chi connectivity index (χ0v) is 10.4. The molecule has 100 valence electrons. The van der Waals surface area contributed by atoms with Crippen molar-refractivity contribution < 1.29 is 9.18 Å². The van der Waals surface area contributed by atoms with Crippen LogP contribution < -0.4 is 11.1 Å². The average Bonchev–Trinajstić information content (AvgIpc) is 2.90. The number of amides is 1. The predicted octanol–water partition coefficient (Wildman–Crippen LogP) is 2.54. The molecule has 0 saturated heterocycles. The van der Waals surface area contributed by atoms with E-state index in [1.54, 1.807) is 18.3 Å². The highest BCUT2D eigenvalue weighted by Gasteiger charge is 2.13. The zero-order valence-electron chi connectivity index (χ0n) is 10.4. The molecule has 0 spiro atoms. The lowest BCUT2D eigenvalue weighted by Gasteiger charge is -2.07. The molecule has 0 aliphatic carbocycles. The monoisotopic (exact) mass is 270 g/mol. The summed E-state index contributed by atoms with van der Waals surface area (Å²) in [5.41, 5.74) is 7.03. The van der Waals surface area contributed by atoms with Crippen molar-refractivity contribution in [3.8, 4) is 0 Å². The van der Waals surface area contributed by atoms with Gasteiger partial charge in [-0.25, -0.2) is 4.39 Å². The van der Waals surface area contributed by atoms with Crippen molar-refractivity contribution in [2.75, 3.05) is 11.1 Å². The molecule has 1 aromatic heterocycles. The first-order chi connectivity index (χ1) is 9.65. The Bertz CT molecular complexity index is 797. The molecule has 0 radical (unpaired) electrons. The molecule has 0 atom stereocenters. The van der Waals surface area contributed by atoms with Crippen molar-refractivity contribution in [3.05, 3.63) is 54.0 Å². The third-order valence-electron chi connectivity index (χ3n) is 2.97. The van der Waals surface area contributed by atoms with Crippen LogP contribution in [-0.2, 0) is 0 Å². The Labute approximate surface area is 113 Å². The lowest BCUT2D eigenvalue weighted by molar-refractivity contribution is 0.102. The van der Waals surface area contributed by atoms with Gasteiger partial charge in [0.1, 0.15) is 5.82 Å². The molecule has 1 amide bonds. The number of nitrogens with zero attached hydrogens (tertiary/aromatic N) is 1. The van der Waals surface area contributed by atoms with Crippen LogP contribution in [0.4, 0.5) is 15.8 Å². The molecule has 0 bridgehead atoms. The van der Waals surface area contributed by atoms with E-state index in [1.165, 1.54) is 12.1 Å². The maximum absolute atomic E-state index is 13.7. The third kappa shape index (κ3) is 2.07. The zero-order chi connectivity index (χ0) is 14.1. The molecule has 5 nitrogen and oxygen atoms in total. The van der Waals surface area contributed by atoms with E-state index in [2.05, 4.69) is 15.5 Å². The van der Waals surface area contributed by atoms with Gasteiger partial charge in [0.05, 0.1) is 23.0 Å². The van der Waals surface area contributed by atoms with E-state index in [-0.39, 0.29) is 5.69 Å². The quantitative estimate of drug-likeness (QED) is 0.626. The van der Waals surface area contributed by atoms with E-state index >= 15 is 0 Å². The van der Waals surface area contributed by atoms with Gasteiger partial charge < -0.3 is 11.1 Å². The number of hydrogen-bond acceptors (Lipinski definition) is 3. The molecule has 0 aliphatic rings. The van der Waals surface area contributed by atoms with Gasteiger partial charge in [-0.2, -0.15) is 5.10 Å². The fraction of sp³-hybridized carbons (Fsp3) is 0. The van der Waals surface area contributed by atoms with E-state index in [0.29, 0.717) is 16.6 Å². The molecule has 0 saturated carbocycles. The van der Waals surface area contributed by atoms with Crippen molar-refractivity contribution >= 4 is 28.2 Å². The molecule has 0 unspecified atom stereocenters. The van der Waals surface area contributed by atoms with Gasteiger partial charge >= 0.3 is 0 Å². The predicted molar refractivity (Wildman–Crippen MR) is 74.9 cm³/mol. The molecule has 0 fully saturated rings. The van der Waals surface area contributed by atoms with E-state index < -0.39 is 11.7 Å². The number of hydrogen-bond donors (Lipinski definition) is 3. The van der Waals surface area contributed by atoms with Gasteiger partial charge in [-0.1, -0.05) is 6.07 Å². The van der Waals surface area contributed by atoms with Crippen LogP contribution >= 0.6 is 0 Å². The summed E-state index contributed by atoms with van der Waals surface area (Å²) in [6.07, 6.45) is 1.56. The van der Waals surface area contributed by atoms with Crippen molar-refractivity contribution in [2.45, 2.75) is 0 Å². The number of aromatic nitrogens is 2. The first-order valence-electron chi connectivity index (χ1n) is 5.93. The second-order valence-electron chi connectivity index (χ2n) is 4.33. The maximum Gasteiger partial charge on any atom is 0.256 e. The first kappa shape index (κ1) is 12.2. The van der Waals surface area contributed by atoms with Gasteiger partial charge in [0, 0.05) is 11.1 Å². The molecule has 20 heavy (non-hydrogen) atoms. The van der Waals surface area contributed by atoms with Gasteiger partial charge in [-0.15, -0.1) is 0 Å². The molecule has 0 aliphatic heterocycles. The number of nitrogens with two attached hydrogens (primary N) is 1. The maximum atomic E-state index is 13.7. The number of nitrogen functional groups attached to an aromatic ring is 1. The summed E-state index contributed by atoms with van der Waals surface area (Å²) >= 11 is 0. The number of H-pyrrole nitrogens is 1. The summed E-state index contributed by atoms with van der Waals surface area (Å²) in [7, 11) is 0. The second kappa shape index (κ2) is 4.65. The summed E-state index contributed by atoms with van der Waals surface area (Å²) in [5, 5.41) is 9.87. The van der Waals surface area contributed by atoms with E-state index in [1.807, 2.05) is 6.07 Å². The van der Waals surface area contributed by atoms with Crippen LogP contribution in [0.5, 0.6) is 0 Å². The largest absolute Gasteiger partial charge is 0.399 e. The summed E-state index contributed by atoms with van der Waals surface area (Å²) in [6.45, 7) is 0. The van der Waals surface area contributed by atoms with Crippen molar-refractivity contribution in [2.24, 2.45) is 0 Å². The van der Waals surface area contributed by atoms with Crippen molar-refractivity contribution in [3.63, 3.8) is 0 Å². The number of carbonyl (C=O) groups excluding carboxylic acids is 1. The third-order valence-corrected chi connectivity index (χ3v) is 2.97. The number of fused-ring (bicyclic) bond motifs is 1. The van der Waals surface area contributed by atoms with Gasteiger partial charge in [-0.3, -0.25) is 9.89 Å². The fourth-order valence-electron chi connectivity index (χ4n) is 1.99. The number of aromatic amines is 1. The summed E-state index contributed by atoms with van der Waals surface area (Å²) in [5.74, 6) is -0.974. The van der Waals surface area contributed by atoms with Crippen molar-refractivity contribution in [1.82, 2.24) is 10.2 Å². The van der Waals surface area contributed by atoms with E-state index in [4.69, 9.17) is 5.73 Å². The lowest BCUT2D eigenvalue weighted by Crippen LogP contribution is -2.13. The number of halogens is 1. The molecular weight excluding hydrogens is 259 g/mol. The topological polar surface area (TPSA) is 83.8 Å². The summed E-state index contributed by atoms with van der Waals surface area (Å²) < 4.78 is 13.7.